The van der Waals surface area contributed by atoms with Crippen molar-refractivity contribution < 1.29 is 0 Å². The van der Waals surface area contributed by atoms with E-state index in [0.29, 0.717) is 12.5 Å². The molecule has 1 aromatic heterocycles. The van der Waals surface area contributed by atoms with E-state index in [1.807, 2.05) is 0 Å². The van der Waals surface area contributed by atoms with Crippen molar-refractivity contribution in [1.29, 1.82) is 0 Å². The Morgan fingerprint density at radius 1 is 1.62 bits per heavy atom. The van der Waals surface area contributed by atoms with Crippen LogP contribution in [0.3, 0.4) is 0 Å². The normalized spacial score (nSPS) is 10.8. The Morgan fingerprint density at radius 2 is 2.23 bits per heavy atom. The van der Waals surface area contributed by atoms with E-state index in [2.05, 4.69) is 29.8 Å². The molecule has 4 heteroatoms. The molecule has 0 aliphatic rings. The first-order valence-corrected chi connectivity index (χ1v) is 5.23. The Bertz CT molecular complexity index is 359. The minimum Gasteiger partial charge on any atom is -0.313 e. The molecule has 0 N–H and O–H groups in total. The standard InChI is InChI=1S/C9H11BrClNO/c1-6(2)4-12-5-7(10)3-8(11)9(12)13/h3,5-6H,4H2,1-2H3. The molecule has 0 aliphatic heterocycles. The van der Waals surface area contributed by atoms with Crippen LogP contribution < -0.4 is 5.56 Å². The Labute approximate surface area is 90.7 Å². The van der Waals surface area contributed by atoms with Crippen molar-refractivity contribution in [3.05, 3.63) is 32.1 Å². The number of pyridine rings is 1. The summed E-state index contributed by atoms with van der Waals surface area (Å²) in [6.45, 7) is 4.81. The van der Waals surface area contributed by atoms with E-state index in [9.17, 15) is 4.79 Å². The van der Waals surface area contributed by atoms with Gasteiger partial charge in [0.2, 0.25) is 0 Å². The lowest BCUT2D eigenvalue weighted by molar-refractivity contribution is 0.510. The van der Waals surface area contributed by atoms with Gasteiger partial charge in [0.05, 0.1) is 0 Å². The van der Waals surface area contributed by atoms with Crippen LogP contribution in [0.2, 0.25) is 5.02 Å². The Kier molecular flexibility index (Phi) is 3.56. The highest BCUT2D eigenvalue weighted by atomic mass is 79.9. The third-order valence-corrected chi connectivity index (χ3v) is 2.28. The quantitative estimate of drug-likeness (QED) is 0.805. The summed E-state index contributed by atoms with van der Waals surface area (Å²) < 4.78 is 2.45. The van der Waals surface area contributed by atoms with Crippen molar-refractivity contribution in [1.82, 2.24) is 4.57 Å². The predicted molar refractivity (Wildman–Crippen MR) is 58.3 cm³/mol. The second-order valence-corrected chi connectivity index (χ2v) is 4.68. The fourth-order valence-electron chi connectivity index (χ4n) is 1.09. The first-order chi connectivity index (χ1) is 6.00. The molecular weight excluding hydrogens is 253 g/mol. The Balaban J connectivity index is 3.13. The largest absolute Gasteiger partial charge is 0.313 e. The number of hydrogen-bond acceptors (Lipinski definition) is 1. The summed E-state index contributed by atoms with van der Waals surface area (Å²) in [5.41, 5.74) is -0.126. The van der Waals surface area contributed by atoms with Crippen LogP contribution in [0.4, 0.5) is 0 Å². The van der Waals surface area contributed by atoms with Crippen LogP contribution in [-0.4, -0.2) is 4.57 Å². The number of nitrogens with zero attached hydrogens (tertiary/aromatic N) is 1. The summed E-state index contributed by atoms with van der Waals surface area (Å²) in [5.74, 6) is 0.433. The molecule has 0 saturated carbocycles. The van der Waals surface area contributed by atoms with E-state index < -0.39 is 0 Å². The van der Waals surface area contributed by atoms with Gasteiger partial charge < -0.3 is 4.57 Å². The fraction of sp³-hybridized carbons (Fsp3) is 0.444. The molecular formula is C9H11BrClNO. The highest BCUT2D eigenvalue weighted by molar-refractivity contribution is 9.10. The number of rotatable bonds is 2. The predicted octanol–water partition coefficient (Wildman–Crippen LogP) is 2.92. The lowest BCUT2D eigenvalue weighted by atomic mass is 10.2. The molecule has 0 amide bonds. The van der Waals surface area contributed by atoms with Crippen LogP contribution in [0.5, 0.6) is 0 Å². The molecule has 1 rings (SSSR count). The summed E-state index contributed by atoms with van der Waals surface area (Å²) in [6.07, 6.45) is 1.76. The van der Waals surface area contributed by atoms with E-state index in [4.69, 9.17) is 11.6 Å². The second kappa shape index (κ2) is 4.29. The summed E-state index contributed by atoms with van der Waals surface area (Å²) in [4.78, 5) is 11.5. The molecule has 1 heterocycles. The molecule has 0 bridgehead atoms. The molecule has 0 radical (unpaired) electrons. The van der Waals surface area contributed by atoms with Gasteiger partial charge in [-0.25, -0.2) is 0 Å². The van der Waals surface area contributed by atoms with E-state index >= 15 is 0 Å². The first kappa shape index (κ1) is 10.8. The zero-order chi connectivity index (χ0) is 10.0. The maximum Gasteiger partial charge on any atom is 0.269 e. The molecule has 0 unspecified atom stereocenters. The van der Waals surface area contributed by atoms with Crippen LogP contribution in [0.15, 0.2) is 21.5 Å². The third-order valence-electron chi connectivity index (χ3n) is 1.57. The van der Waals surface area contributed by atoms with Gasteiger partial charge in [-0.3, -0.25) is 4.79 Å². The number of aromatic nitrogens is 1. The van der Waals surface area contributed by atoms with Gasteiger partial charge in [0.1, 0.15) is 5.02 Å². The van der Waals surface area contributed by atoms with Crippen LogP contribution in [0.1, 0.15) is 13.8 Å². The van der Waals surface area contributed by atoms with Crippen LogP contribution in [0.25, 0.3) is 0 Å². The summed E-state index contributed by atoms with van der Waals surface area (Å²) >= 11 is 9.03. The molecule has 0 fully saturated rings. The van der Waals surface area contributed by atoms with Gasteiger partial charge >= 0.3 is 0 Å². The zero-order valence-corrected chi connectivity index (χ0v) is 9.89. The van der Waals surface area contributed by atoms with E-state index in [0.717, 1.165) is 4.47 Å². The van der Waals surface area contributed by atoms with Gasteiger partial charge in [-0.05, 0) is 27.9 Å². The summed E-state index contributed by atoms with van der Waals surface area (Å²) in [6, 6.07) is 1.61. The molecule has 0 aliphatic carbocycles. The van der Waals surface area contributed by atoms with Gasteiger partial charge in [-0.15, -0.1) is 0 Å². The van der Waals surface area contributed by atoms with Gasteiger partial charge in [-0.2, -0.15) is 0 Å². The van der Waals surface area contributed by atoms with Crippen LogP contribution in [-0.2, 0) is 6.54 Å². The number of hydrogen-bond donors (Lipinski definition) is 0. The molecule has 2 nitrogen and oxygen atoms in total. The average Bonchev–Trinajstić information content (AvgIpc) is 1.98. The van der Waals surface area contributed by atoms with Gasteiger partial charge in [0.15, 0.2) is 0 Å². The average molecular weight is 265 g/mol. The monoisotopic (exact) mass is 263 g/mol. The van der Waals surface area contributed by atoms with Gasteiger partial charge in [0, 0.05) is 17.2 Å². The number of halogens is 2. The molecule has 1 aromatic rings. The lowest BCUT2D eigenvalue weighted by Gasteiger charge is -2.09. The van der Waals surface area contributed by atoms with E-state index in [1.165, 1.54) is 0 Å². The fourth-order valence-corrected chi connectivity index (χ4v) is 1.93. The molecule has 13 heavy (non-hydrogen) atoms. The summed E-state index contributed by atoms with van der Waals surface area (Å²) in [5, 5.41) is 0.259. The van der Waals surface area contributed by atoms with Crippen molar-refractivity contribution in [2.75, 3.05) is 0 Å². The minimum absolute atomic E-state index is 0.126. The molecule has 0 atom stereocenters. The second-order valence-electron chi connectivity index (χ2n) is 3.36. The first-order valence-electron chi connectivity index (χ1n) is 4.06. The zero-order valence-electron chi connectivity index (χ0n) is 7.55. The maximum absolute atomic E-state index is 11.5. The smallest absolute Gasteiger partial charge is 0.269 e. The minimum atomic E-state index is -0.126. The highest BCUT2D eigenvalue weighted by Gasteiger charge is 2.04. The van der Waals surface area contributed by atoms with Crippen molar-refractivity contribution in [2.45, 2.75) is 20.4 Å². The van der Waals surface area contributed by atoms with E-state index in [1.54, 1.807) is 16.8 Å². The van der Waals surface area contributed by atoms with Crippen molar-refractivity contribution in [3.8, 4) is 0 Å². The Hall–Kier alpha value is -0.280. The van der Waals surface area contributed by atoms with Crippen LogP contribution in [0, 0.1) is 5.92 Å². The molecule has 0 saturated heterocycles. The highest BCUT2D eigenvalue weighted by Crippen LogP contribution is 2.12. The SMILES string of the molecule is CC(C)Cn1cc(Br)cc(Cl)c1=O. The van der Waals surface area contributed by atoms with Crippen molar-refractivity contribution in [3.63, 3.8) is 0 Å². The van der Waals surface area contributed by atoms with Gasteiger partial charge in [0.25, 0.3) is 5.56 Å². The molecule has 0 aromatic carbocycles. The Morgan fingerprint density at radius 3 is 2.77 bits per heavy atom. The van der Waals surface area contributed by atoms with Gasteiger partial charge in [-0.1, -0.05) is 25.4 Å². The van der Waals surface area contributed by atoms with Crippen molar-refractivity contribution >= 4 is 27.5 Å². The van der Waals surface area contributed by atoms with Crippen LogP contribution >= 0.6 is 27.5 Å². The van der Waals surface area contributed by atoms with Crippen molar-refractivity contribution in [2.24, 2.45) is 5.92 Å². The maximum atomic E-state index is 11.5. The summed E-state index contributed by atoms with van der Waals surface area (Å²) in [7, 11) is 0. The molecule has 0 spiro atoms. The lowest BCUT2D eigenvalue weighted by Crippen LogP contribution is -2.22. The third kappa shape index (κ3) is 2.85. The molecule has 72 valence electrons. The van der Waals surface area contributed by atoms with E-state index in [-0.39, 0.29) is 10.6 Å². The topological polar surface area (TPSA) is 22.0 Å².